The molecule has 0 N–H and O–H groups in total. The third-order valence-corrected chi connectivity index (χ3v) is 5.53. The smallest absolute Gasteiger partial charge is 0.348 e. The van der Waals surface area contributed by atoms with Gasteiger partial charge in [-0.2, -0.15) is 0 Å². The predicted molar refractivity (Wildman–Crippen MR) is 89.6 cm³/mol. The van der Waals surface area contributed by atoms with E-state index in [0.717, 1.165) is 12.8 Å². The normalized spacial score (nSPS) is 13.0. The van der Waals surface area contributed by atoms with Crippen molar-refractivity contribution in [2.24, 2.45) is 7.05 Å². The molecule has 22 heavy (non-hydrogen) atoms. The van der Waals surface area contributed by atoms with Crippen molar-refractivity contribution >= 4 is 28.2 Å². The predicted octanol–water partition coefficient (Wildman–Crippen LogP) is 4.18. The number of hydrogen-bond donors (Lipinski definition) is 0. The number of aromatic nitrogens is 1. The van der Waals surface area contributed by atoms with Crippen LogP contribution >= 0.6 is 11.3 Å². The van der Waals surface area contributed by atoms with E-state index in [4.69, 9.17) is 4.74 Å². The Balaban J connectivity index is 1.92. The Kier molecular flexibility index (Phi) is 3.08. The van der Waals surface area contributed by atoms with Gasteiger partial charge in [0.15, 0.2) is 0 Å². The second kappa shape index (κ2) is 4.99. The molecule has 0 bridgehead atoms. The molecule has 1 aromatic carbocycles. The SMILES string of the molecule is CCOC(=O)c1cc2c(s1)CCc1c-2n(C)c2ccccc12. The molecule has 0 unspecified atom stereocenters. The number of para-hydroxylation sites is 1. The molecule has 4 rings (SSSR count). The van der Waals surface area contributed by atoms with Crippen molar-refractivity contribution < 1.29 is 9.53 Å². The third kappa shape index (κ3) is 1.83. The highest BCUT2D eigenvalue weighted by Crippen LogP contribution is 2.42. The summed E-state index contributed by atoms with van der Waals surface area (Å²) in [7, 11) is 2.11. The molecule has 0 radical (unpaired) electrons. The van der Waals surface area contributed by atoms with E-state index in [0.29, 0.717) is 11.5 Å². The summed E-state index contributed by atoms with van der Waals surface area (Å²) in [5, 5.41) is 1.33. The van der Waals surface area contributed by atoms with Crippen LogP contribution in [0.1, 0.15) is 27.0 Å². The first-order valence-electron chi connectivity index (χ1n) is 7.57. The average Bonchev–Trinajstić information content (AvgIpc) is 3.08. The van der Waals surface area contributed by atoms with E-state index in [9.17, 15) is 4.79 Å². The van der Waals surface area contributed by atoms with Gasteiger partial charge in [-0.05, 0) is 37.5 Å². The van der Waals surface area contributed by atoms with Gasteiger partial charge >= 0.3 is 5.97 Å². The molecule has 3 nitrogen and oxygen atoms in total. The van der Waals surface area contributed by atoms with Crippen molar-refractivity contribution in [1.29, 1.82) is 0 Å². The summed E-state index contributed by atoms with van der Waals surface area (Å²) in [5.74, 6) is -0.206. The van der Waals surface area contributed by atoms with Gasteiger partial charge in [0.25, 0.3) is 0 Å². The molecule has 0 atom stereocenters. The van der Waals surface area contributed by atoms with Gasteiger partial charge in [-0.25, -0.2) is 4.79 Å². The number of aryl methyl sites for hydroxylation is 3. The van der Waals surface area contributed by atoms with Crippen molar-refractivity contribution in [3.8, 4) is 11.3 Å². The van der Waals surface area contributed by atoms with Crippen molar-refractivity contribution in [2.75, 3.05) is 6.61 Å². The third-order valence-electron chi connectivity index (χ3n) is 4.35. The number of thiophene rings is 1. The molecule has 2 aromatic heterocycles. The first-order chi connectivity index (χ1) is 10.7. The number of nitrogens with zero attached hydrogens (tertiary/aromatic N) is 1. The molecule has 2 heterocycles. The second-order valence-electron chi connectivity index (χ2n) is 5.57. The summed E-state index contributed by atoms with van der Waals surface area (Å²) in [4.78, 5) is 14.0. The van der Waals surface area contributed by atoms with Crippen LogP contribution in [0, 0.1) is 0 Å². The van der Waals surface area contributed by atoms with E-state index >= 15 is 0 Å². The number of benzene rings is 1. The summed E-state index contributed by atoms with van der Waals surface area (Å²) < 4.78 is 7.40. The average molecular weight is 311 g/mol. The number of esters is 1. The molecular formula is C18H17NO2S. The standard InChI is InChI=1S/C18H17NO2S/c1-3-21-18(20)16-10-13-15(22-16)9-8-12-11-6-4-5-7-14(11)19(2)17(12)13/h4-7,10H,3,8-9H2,1-2H3. The largest absolute Gasteiger partial charge is 0.462 e. The maximum Gasteiger partial charge on any atom is 0.348 e. The van der Waals surface area contributed by atoms with E-state index in [1.807, 2.05) is 13.0 Å². The van der Waals surface area contributed by atoms with Crippen LogP contribution in [0.4, 0.5) is 0 Å². The Labute approximate surface area is 133 Å². The molecule has 4 heteroatoms. The molecule has 112 valence electrons. The van der Waals surface area contributed by atoms with Crippen molar-refractivity contribution in [2.45, 2.75) is 19.8 Å². The van der Waals surface area contributed by atoms with Crippen molar-refractivity contribution in [3.63, 3.8) is 0 Å². The minimum atomic E-state index is -0.206. The number of carbonyl (C=O) groups is 1. The number of hydrogen-bond acceptors (Lipinski definition) is 3. The van der Waals surface area contributed by atoms with Crippen LogP contribution in [0.5, 0.6) is 0 Å². The Morgan fingerprint density at radius 3 is 2.95 bits per heavy atom. The molecule has 0 saturated heterocycles. The maximum atomic E-state index is 12.0. The van der Waals surface area contributed by atoms with E-state index in [2.05, 4.69) is 35.9 Å². The van der Waals surface area contributed by atoms with Crippen LogP contribution in [0.2, 0.25) is 0 Å². The molecule has 0 fully saturated rings. The number of fused-ring (bicyclic) bond motifs is 5. The second-order valence-corrected chi connectivity index (χ2v) is 6.71. The zero-order valence-corrected chi connectivity index (χ0v) is 13.5. The summed E-state index contributed by atoms with van der Waals surface area (Å²) in [6, 6.07) is 10.5. The minimum Gasteiger partial charge on any atom is -0.462 e. The van der Waals surface area contributed by atoms with Crippen molar-refractivity contribution in [1.82, 2.24) is 4.57 Å². The van der Waals surface area contributed by atoms with E-state index in [1.165, 1.54) is 32.6 Å². The van der Waals surface area contributed by atoms with Crippen LogP contribution < -0.4 is 0 Å². The Morgan fingerprint density at radius 2 is 2.14 bits per heavy atom. The highest BCUT2D eigenvalue weighted by Gasteiger charge is 2.26. The first kappa shape index (κ1) is 13.6. The zero-order valence-electron chi connectivity index (χ0n) is 12.7. The molecule has 1 aliphatic carbocycles. The molecule has 0 spiro atoms. The van der Waals surface area contributed by atoms with Gasteiger partial charge in [0.05, 0.1) is 12.3 Å². The van der Waals surface area contributed by atoms with Crippen LogP contribution in [-0.4, -0.2) is 17.1 Å². The van der Waals surface area contributed by atoms with Gasteiger partial charge in [0, 0.05) is 28.4 Å². The summed E-state index contributed by atoms with van der Waals surface area (Å²) in [5.41, 5.74) is 5.12. The van der Waals surface area contributed by atoms with Crippen LogP contribution in [-0.2, 0) is 24.6 Å². The number of ether oxygens (including phenoxy) is 1. The number of rotatable bonds is 2. The number of carbonyl (C=O) groups excluding carboxylic acids is 1. The lowest BCUT2D eigenvalue weighted by Crippen LogP contribution is -2.02. The molecule has 0 saturated carbocycles. The lowest BCUT2D eigenvalue weighted by atomic mass is 9.94. The quantitative estimate of drug-likeness (QED) is 0.665. The molecule has 1 aliphatic rings. The van der Waals surface area contributed by atoms with Crippen LogP contribution in [0.25, 0.3) is 22.2 Å². The van der Waals surface area contributed by atoms with E-state index in [1.54, 1.807) is 11.3 Å². The Bertz CT molecular complexity index is 888. The summed E-state index contributed by atoms with van der Waals surface area (Å²) in [6.07, 6.45) is 2.03. The fourth-order valence-electron chi connectivity index (χ4n) is 3.42. The topological polar surface area (TPSA) is 31.2 Å². The summed E-state index contributed by atoms with van der Waals surface area (Å²) >= 11 is 1.58. The van der Waals surface area contributed by atoms with Gasteiger partial charge in [-0.1, -0.05) is 18.2 Å². The highest BCUT2D eigenvalue weighted by atomic mass is 32.1. The van der Waals surface area contributed by atoms with Gasteiger partial charge < -0.3 is 9.30 Å². The highest BCUT2D eigenvalue weighted by molar-refractivity contribution is 7.14. The van der Waals surface area contributed by atoms with Gasteiger partial charge in [-0.3, -0.25) is 0 Å². The zero-order chi connectivity index (χ0) is 15.3. The maximum absolute atomic E-state index is 12.0. The lowest BCUT2D eigenvalue weighted by Gasteiger charge is -2.14. The van der Waals surface area contributed by atoms with Crippen LogP contribution in [0.3, 0.4) is 0 Å². The summed E-state index contributed by atoms with van der Waals surface area (Å²) in [6.45, 7) is 2.26. The first-order valence-corrected chi connectivity index (χ1v) is 8.39. The van der Waals surface area contributed by atoms with Gasteiger partial charge in [-0.15, -0.1) is 11.3 Å². The molecule has 0 aliphatic heterocycles. The van der Waals surface area contributed by atoms with Gasteiger partial charge in [0.1, 0.15) is 4.88 Å². The lowest BCUT2D eigenvalue weighted by molar-refractivity contribution is 0.0532. The molecule has 3 aromatic rings. The fourth-order valence-corrected chi connectivity index (χ4v) is 4.48. The van der Waals surface area contributed by atoms with E-state index in [-0.39, 0.29) is 5.97 Å². The Morgan fingerprint density at radius 1 is 1.32 bits per heavy atom. The Hall–Kier alpha value is -2.07. The van der Waals surface area contributed by atoms with Gasteiger partial charge in [0.2, 0.25) is 0 Å². The van der Waals surface area contributed by atoms with Crippen molar-refractivity contribution in [3.05, 3.63) is 45.6 Å². The minimum absolute atomic E-state index is 0.206. The van der Waals surface area contributed by atoms with Crippen LogP contribution in [0.15, 0.2) is 30.3 Å². The molecular weight excluding hydrogens is 294 g/mol. The van der Waals surface area contributed by atoms with E-state index < -0.39 is 0 Å². The fraction of sp³-hybridized carbons (Fsp3) is 0.278. The monoisotopic (exact) mass is 311 g/mol. The molecule has 0 amide bonds.